The van der Waals surface area contributed by atoms with Crippen molar-refractivity contribution >= 4 is 39.5 Å². The maximum Gasteiger partial charge on any atom is 0.472 e. The minimum absolute atomic E-state index is 0.106. The van der Waals surface area contributed by atoms with Crippen molar-refractivity contribution in [1.82, 2.24) is 0 Å². The van der Waals surface area contributed by atoms with Crippen molar-refractivity contribution in [2.24, 2.45) is 11.8 Å². The molecule has 2 unspecified atom stereocenters. The Morgan fingerprint density at radius 3 is 0.680 bits per heavy atom. The smallest absolute Gasteiger partial charge is 0.462 e. The minimum atomic E-state index is -4.96. The van der Waals surface area contributed by atoms with Gasteiger partial charge in [0.15, 0.2) is 12.2 Å². The number of phosphoric acid groups is 2. The van der Waals surface area contributed by atoms with Crippen LogP contribution in [0.1, 0.15) is 427 Å². The fraction of sp³-hybridized carbons (Fsp3) is 0.951. The number of ether oxygens (including phenoxy) is 4. The highest BCUT2D eigenvalue weighted by Crippen LogP contribution is 2.45. The second kappa shape index (κ2) is 72.6. The van der Waals surface area contributed by atoms with Crippen LogP contribution in [-0.2, 0) is 65.4 Å². The number of hydrogen-bond acceptors (Lipinski definition) is 15. The molecule has 0 heterocycles. The van der Waals surface area contributed by atoms with Crippen LogP contribution in [-0.4, -0.2) is 96.7 Å². The second-order valence-corrected chi connectivity index (χ2v) is 33.0. The zero-order chi connectivity index (χ0) is 73.5. The molecule has 0 bridgehead atoms. The Morgan fingerprint density at radius 1 is 0.270 bits per heavy atom. The molecule has 0 saturated carbocycles. The maximum absolute atomic E-state index is 13.1. The molecule has 0 saturated heterocycles. The quantitative estimate of drug-likeness (QED) is 0.0222. The Hall–Kier alpha value is -1.94. The van der Waals surface area contributed by atoms with Crippen molar-refractivity contribution in [2.75, 3.05) is 39.6 Å². The number of carbonyl (C=O) groups is 4. The summed E-state index contributed by atoms with van der Waals surface area (Å²) >= 11 is 0. The Kier molecular flexibility index (Phi) is 71.2. The molecule has 3 N–H and O–H groups in total. The van der Waals surface area contributed by atoms with Crippen LogP contribution in [0.2, 0.25) is 0 Å². The first-order valence-electron chi connectivity index (χ1n) is 42.0. The molecule has 100 heavy (non-hydrogen) atoms. The number of unbranched alkanes of at least 4 members (excludes halogenated alkanes) is 50. The van der Waals surface area contributed by atoms with Gasteiger partial charge in [-0.15, -0.1) is 0 Å². The number of rotatable bonds is 80. The lowest BCUT2D eigenvalue weighted by Gasteiger charge is -2.21. The first-order valence-corrected chi connectivity index (χ1v) is 45.0. The normalized spacial score (nSPS) is 13.9. The molecule has 17 nitrogen and oxygen atoms in total. The molecule has 0 rings (SSSR count). The first kappa shape index (κ1) is 98.1. The van der Waals surface area contributed by atoms with Gasteiger partial charge in [-0.25, -0.2) is 9.13 Å². The fourth-order valence-corrected chi connectivity index (χ4v) is 14.1. The summed E-state index contributed by atoms with van der Waals surface area (Å²) in [4.78, 5) is 73.0. The van der Waals surface area contributed by atoms with E-state index in [0.29, 0.717) is 25.7 Å². The van der Waals surface area contributed by atoms with Gasteiger partial charge in [0.25, 0.3) is 0 Å². The molecule has 0 spiro atoms. The van der Waals surface area contributed by atoms with E-state index in [2.05, 4.69) is 41.5 Å². The van der Waals surface area contributed by atoms with E-state index in [1.54, 1.807) is 0 Å². The Balaban J connectivity index is 5.22. The molecular weight excluding hydrogens is 1310 g/mol. The van der Waals surface area contributed by atoms with Crippen LogP contribution >= 0.6 is 15.6 Å². The lowest BCUT2D eigenvalue weighted by Crippen LogP contribution is -2.30. The number of esters is 4. The SMILES string of the molecule is CCCCCCCCCCCCCCCCCCC(=O)OC[C@H](COP(=O)(O)OC[C@@H](O)COP(=O)(O)OC[C@@H](COC(=O)CCCCCCCCCCCCC)OC(=O)CCCCCCCCCCCC(C)C)OC(=O)CCCCCCCCCCCCCCCCCCCCC(C)C. The number of aliphatic hydroxyl groups excluding tert-OH is 1. The highest BCUT2D eigenvalue weighted by Gasteiger charge is 2.30. The van der Waals surface area contributed by atoms with Gasteiger partial charge in [-0.1, -0.05) is 375 Å². The molecule has 5 atom stereocenters. The first-order chi connectivity index (χ1) is 48.4. The van der Waals surface area contributed by atoms with E-state index in [1.807, 2.05) is 0 Å². The molecule has 0 aliphatic carbocycles. The van der Waals surface area contributed by atoms with Crippen molar-refractivity contribution < 1.29 is 80.2 Å². The third-order valence-corrected chi connectivity index (χ3v) is 20.9. The van der Waals surface area contributed by atoms with Gasteiger partial charge in [-0.2, -0.15) is 0 Å². The topological polar surface area (TPSA) is 237 Å². The molecule has 19 heteroatoms. The van der Waals surface area contributed by atoms with Gasteiger partial charge in [-0.05, 0) is 37.5 Å². The fourth-order valence-electron chi connectivity index (χ4n) is 12.5. The minimum Gasteiger partial charge on any atom is -0.462 e. The van der Waals surface area contributed by atoms with Gasteiger partial charge in [-0.3, -0.25) is 37.3 Å². The number of carbonyl (C=O) groups excluding carboxylic acids is 4. The number of hydrogen-bond donors (Lipinski definition) is 3. The van der Waals surface area contributed by atoms with E-state index in [-0.39, 0.29) is 25.7 Å². The third-order valence-electron chi connectivity index (χ3n) is 19.0. The predicted molar refractivity (Wildman–Crippen MR) is 409 cm³/mol. The summed E-state index contributed by atoms with van der Waals surface area (Å²) in [6.07, 6.45) is 62.4. The van der Waals surface area contributed by atoms with E-state index < -0.39 is 97.5 Å². The molecule has 0 radical (unpaired) electrons. The highest BCUT2D eigenvalue weighted by atomic mass is 31.2. The highest BCUT2D eigenvalue weighted by molar-refractivity contribution is 7.47. The molecule has 0 amide bonds. The zero-order valence-corrected chi connectivity index (χ0v) is 67.3. The summed E-state index contributed by atoms with van der Waals surface area (Å²) in [5.41, 5.74) is 0. The van der Waals surface area contributed by atoms with Crippen molar-refractivity contribution in [1.29, 1.82) is 0 Å². The number of phosphoric ester groups is 2. The van der Waals surface area contributed by atoms with Gasteiger partial charge in [0.1, 0.15) is 19.3 Å². The van der Waals surface area contributed by atoms with Gasteiger partial charge < -0.3 is 33.8 Å². The average molecular weight is 1470 g/mol. The van der Waals surface area contributed by atoms with E-state index in [4.69, 9.17) is 37.0 Å². The Morgan fingerprint density at radius 2 is 0.460 bits per heavy atom. The van der Waals surface area contributed by atoms with Crippen molar-refractivity contribution in [3.63, 3.8) is 0 Å². The van der Waals surface area contributed by atoms with Crippen LogP contribution in [0.3, 0.4) is 0 Å². The summed E-state index contributed by atoms with van der Waals surface area (Å²) < 4.78 is 68.7. The van der Waals surface area contributed by atoms with Crippen molar-refractivity contribution in [2.45, 2.75) is 445 Å². The maximum atomic E-state index is 13.1. The lowest BCUT2D eigenvalue weighted by molar-refractivity contribution is -0.161. The van der Waals surface area contributed by atoms with Crippen molar-refractivity contribution in [3.8, 4) is 0 Å². The van der Waals surface area contributed by atoms with Crippen LogP contribution in [0.5, 0.6) is 0 Å². The summed E-state index contributed by atoms with van der Waals surface area (Å²) in [6, 6.07) is 0. The van der Waals surface area contributed by atoms with Crippen LogP contribution < -0.4 is 0 Å². The van der Waals surface area contributed by atoms with Crippen LogP contribution in [0.4, 0.5) is 0 Å². The van der Waals surface area contributed by atoms with Crippen LogP contribution in [0.15, 0.2) is 0 Å². The van der Waals surface area contributed by atoms with E-state index in [0.717, 1.165) is 102 Å². The standard InChI is InChI=1S/C81H158O17P2/c1-7-9-11-13-15-17-19-20-21-27-30-34-40-46-52-58-64-79(84)92-69-76(97-80(85)65-59-53-47-41-35-31-28-25-23-22-24-26-29-33-37-43-49-55-61-73(3)4)71-95-99(87,88)93-67-75(82)68-94-100(89,90)96-72-77(70-91-78(83)63-57-51-45-39-32-18-16-14-12-10-8-2)98-81(86)66-60-54-48-42-36-38-44-50-56-62-74(5)6/h73-77,82H,7-72H2,1-6H3,(H,87,88)(H,89,90)/t75-,76-,77-/m1/s1. The molecule has 0 aromatic rings. The molecule has 0 aromatic heterocycles. The van der Waals surface area contributed by atoms with Gasteiger partial charge in [0.05, 0.1) is 26.4 Å². The third kappa shape index (κ3) is 74.3. The van der Waals surface area contributed by atoms with Gasteiger partial charge in [0, 0.05) is 25.7 Å². The summed E-state index contributed by atoms with van der Waals surface area (Å²) in [5.74, 6) is -0.551. The molecule has 0 aliphatic heterocycles. The molecule has 0 aliphatic rings. The Labute approximate surface area is 613 Å². The van der Waals surface area contributed by atoms with Crippen LogP contribution in [0, 0.1) is 11.8 Å². The average Bonchev–Trinajstić information content (AvgIpc) is 1.09. The van der Waals surface area contributed by atoms with Crippen molar-refractivity contribution in [3.05, 3.63) is 0 Å². The second-order valence-electron chi connectivity index (χ2n) is 30.1. The molecule has 0 aromatic carbocycles. The van der Waals surface area contributed by atoms with Gasteiger partial charge in [0.2, 0.25) is 0 Å². The summed E-state index contributed by atoms with van der Waals surface area (Å²) in [7, 11) is -9.92. The molecular formula is C81H158O17P2. The largest absolute Gasteiger partial charge is 0.472 e. The lowest BCUT2D eigenvalue weighted by atomic mass is 10.0. The summed E-state index contributed by atoms with van der Waals surface area (Å²) in [6.45, 7) is 9.64. The Bertz CT molecular complexity index is 1920. The zero-order valence-electron chi connectivity index (χ0n) is 65.5. The van der Waals surface area contributed by atoms with Crippen LogP contribution in [0.25, 0.3) is 0 Å². The predicted octanol–water partition coefficient (Wildman–Crippen LogP) is 24.3. The van der Waals surface area contributed by atoms with E-state index >= 15 is 0 Å². The van der Waals surface area contributed by atoms with Gasteiger partial charge >= 0.3 is 39.5 Å². The molecule has 594 valence electrons. The number of aliphatic hydroxyl groups is 1. The van der Waals surface area contributed by atoms with E-state index in [1.165, 1.54) is 244 Å². The van der Waals surface area contributed by atoms with E-state index in [9.17, 15) is 43.2 Å². The monoisotopic (exact) mass is 1470 g/mol. The molecule has 0 fully saturated rings. The summed E-state index contributed by atoms with van der Waals surface area (Å²) in [5, 5.41) is 10.6.